The number of carbonyl (C=O) groups excluding carboxylic acids is 1. The summed E-state index contributed by atoms with van der Waals surface area (Å²) in [5, 5.41) is 0. The number of rotatable bonds is 9. The van der Waals surface area contributed by atoms with E-state index in [4.69, 9.17) is 15.2 Å². The lowest BCUT2D eigenvalue weighted by Gasteiger charge is -2.26. The van der Waals surface area contributed by atoms with Gasteiger partial charge in [-0.05, 0) is 18.5 Å². The Morgan fingerprint density at radius 3 is 2.50 bits per heavy atom. The summed E-state index contributed by atoms with van der Waals surface area (Å²) in [5.74, 6) is -0.0517. The van der Waals surface area contributed by atoms with Crippen LogP contribution in [0, 0.1) is 0 Å². The second kappa shape index (κ2) is 9.47. The van der Waals surface area contributed by atoms with Gasteiger partial charge in [-0.25, -0.2) is 0 Å². The summed E-state index contributed by atoms with van der Waals surface area (Å²) in [5.41, 5.74) is 6.38. The Labute approximate surface area is 120 Å². The van der Waals surface area contributed by atoms with Crippen LogP contribution in [0.3, 0.4) is 0 Å². The molecule has 112 valence electrons. The molecule has 0 fully saturated rings. The van der Waals surface area contributed by atoms with E-state index >= 15 is 0 Å². The molecule has 0 aliphatic heterocycles. The van der Waals surface area contributed by atoms with Gasteiger partial charge >= 0.3 is 0 Å². The molecule has 0 spiro atoms. The fraction of sp³-hybridized carbons (Fsp3) is 0.533. The van der Waals surface area contributed by atoms with Crippen LogP contribution in [0.4, 0.5) is 0 Å². The first kappa shape index (κ1) is 16.6. The third-order valence-corrected chi connectivity index (χ3v) is 3.07. The van der Waals surface area contributed by atoms with Gasteiger partial charge < -0.3 is 20.1 Å². The van der Waals surface area contributed by atoms with Gasteiger partial charge in [-0.2, -0.15) is 0 Å². The Kier molecular flexibility index (Phi) is 7.87. The van der Waals surface area contributed by atoms with Gasteiger partial charge in [-0.1, -0.05) is 30.3 Å². The van der Waals surface area contributed by atoms with E-state index in [1.165, 1.54) is 0 Å². The summed E-state index contributed by atoms with van der Waals surface area (Å²) >= 11 is 0. The van der Waals surface area contributed by atoms with Crippen LogP contribution in [0.25, 0.3) is 0 Å². The van der Waals surface area contributed by atoms with E-state index in [-0.39, 0.29) is 5.91 Å². The standard InChI is InChI=1S/C15H24N2O3/c1-19-12-11-17(10-6-9-16)15(18)14(20-2)13-7-4-3-5-8-13/h3-5,7-8,14H,6,9-12,16H2,1-2H3. The zero-order valence-corrected chi connectivity index (χ0v) is 12.2. The predicted octanol–water partition coefficient (Wildman–Crippen LogP) is 1.20. The Hall–Kier alpha value is -1.43. The molecule has 0 heterocycles. The summed E-state index contributed by atoms with van der Waals surface area (Å²) in [6.45, 7) is 2.22. The molecule has 0 bridgehead atoms. The fourth-order valence-corrected chi connectivity index (χ4v) is 1.99. The quantitative estimate of drug-likeness (QED) is 0.738. The van der Waals surface area contributed by atoms with Gasteiger partial charge in [0.2, 0.25) is 0 Å². The number of ether oxygens (including phenoxy) is 2. The van der Waals surface area contributed by atoms with Crippen molar-refractivity contribution in [3.8, 4) is 0 Å². The monoisotopic (exact) mass is 280 g/mol. The lowest BCUT2D eigenvalue weighted by Crippen LogP contribution is -2.39. The van der Waals surface area contributed by atoms with Gasteiger partial charge in [-0.3, -0.25) is 4.79 Å². The molecule has 2 N–H and O–H groups in total. The maximum absolute atomic E-state index is 12.6. The number of nitrogens with zero attached hydrogens (tertiary/aromatic N) is 1. The first-order chi connectivity index (χ1) is 9.74. The van der Waals surface area contributed by atoms with E-state index in [1.807, 2.05) is 30.3 Å². The molecule has 0 saturated carbocycles. The normalized spacial score (nSPS) is 12.2. The molecule has 1 unspecified atom stereocenters. The molecule has 0 saturated heterocycles. The number of hydrogen-bond acceptors (Lipinski definition) is 4. The lowest BCUT2D eigenvalue weighted by molar-refractivity contribution is -0.143. The number of amides is 1. The SMILES string of the molecule is COCCN(CCCN)C(=O)C(OC)c1ccccc1. The van der Waals surface area contributed by atoms with Crippen molar-refractivity contribution in [2.45, 2.75) is 12.5 Å². The molecule has 20 heavy (non-hydrogen) atoms. The van der Waals surface area contributed by atoms with E-state index in [0.29, 0.717) is 26.2 Å². The molecule has 1 atom stereocenters. The minimum atomic E-state index is -0.578. The van der Waals surface area contributed by atoms with Crippen LogP contribution < -0.4 is 5.73 Å². The fourth-order valence-electron chi connectivity index (χ4n) is 1.99. The van der Waals surface area contributed by atoms with Crippen LogP contribution in [-0.2, 0) is 14.3 Å². The first-order valence-electron chi connectivity index (χ1n) is 6.80. The van der Waals surface area contributed by atoms with Crippen molar-refractivity contribution < 1.29 is 14.3 Å². The number of nitrogens with two attached hydrogens (primary N) is 1. The summed E-state index contributed by atoms with van der Waals surface area (Å²) < 4.78 is 10.4. The molecule has 1 aromatic carbocycles. The van der Waals surface area contributed by atoms with Gasteiger partial charge in [0, 0.05) is 27.3 Å². The molecule has 0 radical (unpaired) electrons. The summed E-state index contributed by atoms with van der Waals surface area (Å²) in [6, 6.07) is 9.49. The van der Waals surface area contributed by atoms with Crippen molar-refractivity contribution in [1.29, 1.82) is 0 Å². The van der Waals surface area contributed by atoms with Crippen molar-refractivity contribution in [1.82, 2.24) is 4.90 Å². The molecule has 5 nitrogen and oxygen atoms in total. The molecular formula is C15H24N2O3. The van der Waals surface area contributed by atoms with Crippen LogP contribution in [0.5, 0.6) is 0 Å². The Balaban J connectivity index is 2.78. The minimum absolute atomic E-state index is 0.0517. The number of methoxy groups -OCH3 is 2. The van der Waals surface area contributed by atoms with Crippen molar-refractivity contribution in [2.75, 3.05) is 40.5 Å². The maximum Gasteiger partial charge on any atom is 0.256 e. The van der Waals surface area contributed by atoms with E-state index in [2.05, 4.69) is 0 Å². The largest absolute Gasteiger partial charge is 0.383 e. The van der Waals surface area contributed by atoms with E-state index < -0.39 is 6.10 Å². The Morgan fingerprint density at radius 2 is 1.95 bits per heavy atom. The molecule has 1 rings (SSSR count). The average molecular weight is 280 g/mol. The van der Waals surface area contributed by atoms with Crippen molar-refractivity contribution in [3.05, 3.63) is 35.9 Å². The lowest BCUT2D eigenvalue weighted by atomic mass is 10.1. The predicted molar refractivity (Wildman–Crippen MR) is 78.3 cm³/mol. The molecule has 5 heteroatoms. The molecule has 1 aromatic rings. The summed E-state index contributed by atoms with van der Waals surface area (Å²) in [7, 11) is 3.17. The van der Waals surface area contributed by atoms with Crippen LogP contribution in [-0.4, -0.2) is 51.3 Å². The van der Waals surface area contributed by atoms with Crippen molar-refractivity contribution in [2.24, 2.45) is 5.73 Å². The smallest absolute Gasteiger partial charge is 0.256 e. The molecule has 0 aromatic heterocycles. The third-order valence-electron chi connectivity index (χ3n) is 3.07. The van der Waals surface area contributed by atoms with Gasteiger partial charge in [0.25, 0.3) is 5.91 Å². The van der Waals surface area contributed by atoms with Crippen LogP contribution in [0.2, 0.25) is 0 Å². The van der Waals surface area contributed by atoms with Crippen molar-refractivity contribution >= 4 is 5.91 Å². The Morgan fingerprint density at radius 1 is 1.25 bits per heavy atom. The van der Waals surface area contributed by atoms with Crippen molar-refractivity contribution in [3.63, 3.8) is 0 Å². The van der Waals surface area contributed by atoms with Crippen LogP contribution >= 0.6 is 0 Å². The summed E-state index contributed by atoms with van der Waals surface area (Å²) in [6.07, 6.45) is 0.187. The topological polar surface area (TPSA) is 64.8 Å². The highest BCUT2D eigenvalue weighted by atomic mass is 16.5. The molecule has 0 aliphatic rings. The molecular weight excluding hydrogens is 256 g/mol. The number of carbonyl (C=O) groups is 1. The van der Waals surface area contributed by atoms with Gasteiger partial charge in [0.05, 0.1) is 6.61 Å². The Bertz CT molecular complexity index is 376. The molecule has 0 aliphatic carbocycles. The average Bonchev–Trinajstić information content (AvgIpc) is 2.49. The maximum atomic E-state index is 12.6. The number of hydrogen-bond donors (Lipinski definition) is 1. The van der Waals surface area contributed by atoms with E-state index in [1.54, 1.807) is 19.1 Å². The highest BCUT2D eigenvalue weighted by Crippen LogP contribution is 2.19. The van der Waals surface area contributed by atoms with Crippen LogP contribution in [0.15, 0.2) is 30.3 Å². The first-order valence-corrected chi connectivity index (χ1v) is 6.80. The second-order valence-corrected chi connectivity index (χ2v) is 4.49. The summed E-state index contributed by atoms with van der Waals surface area (Å²) in [4.78, 5) is 14.3. The zero-order chi connectivity index (χ0) is 14.8. The van der Waals surface area contributed by atoms with Crippen LogP contribution in [0.1, 0.15) is 18.1 Å². The van der Waals surface area contributed by atoms with Gasteiger partial charge in [-0.15, -0.1) is 0 Å². The van der Waals surface area contributed by atoms with E-state index in [0.717, 1.165) is 12.0 Å². The second-order valence-electron chi connectivity index (χ2n) is 4.49. The van der Waals surface area contributed by atoms with Gasteiger partial charge in [0.1, 0.15) is 0 Å². The highest BCUT2D eigenvalue weighted by molar-refractivity contribution is 5.82. The van der Waals surface area contributed by atoms with E-state index in [9.17, 15) is 4.79 Å². The highest BCUT2D eigenvalue weighted by Gasteiger charge is 2.25. The van der Waals surface area contributed by atoms with Gasteiger partial charge in [0.15, 0.2) is 6.10 Å². The zero-order valence-electron chi connectivity index (χ0n) is 12.2. The number of benzene rings is 1. The minimum Gasteiger partial charge on any atom is -0.383 e. The third kappa shape index (κ3) is 4.92. The molecule has 1 amide bonds.